The Balaban J connectivity index is 2.33. The maximum atomic E-state index is 13.2. The monoisotopic (exact) mass is 325 g/mol. The number of carbonyl (C=O) groups is 1. The molecule has 0 aromatic carbocycles. The van der Waals surface area contributed by atoms with Crippen molar-refractivity contribution in [1.29, 1.82) is 0 Å². The lowest BCUT2D eigenvalue weighted by Gasteiger charge is -2.19. The van der Waals surface area contributed by atoms with E-state index in [-0.39, 0.29) is 11.8 Å². The van der Waals surface area contributed by atoms with Gasteiger partial charge in [0.25, 0.3) is 0 Å². The topological polar surface area (TPSA) is 46.1 Å². The molecule has 0 spiro atoms. The molecular formula is C14H16FN3OS2. The molecule has 2 rings (SSSR count). The summed E-state index contributed by atoms with van der Waals surface area (Å²) in [5, 5.41) is 1.40. The van der Waals surface area contributed by atoms with Crippen LogP contribution in [0.4, 0.5) is 9.39 Å². The number of anilines is 1. The average molecular weight is 325 g/mol. The number of rotatable bonds is 4. The number of pyridine rings is 1. The molecule has 2 heterocycles. The lowest BCUT2D eigenvalue weighted by Crippen LogP contribution is -2.32. The normalized spacial score (nSPS) is 12.2. The summed E-state index contributed by atoms with van der Waals surface area (Å²) in [5.41, 5.74) is 1.35. The van der Waals surface area contributed by atoms with Crippen LogP contribution in [-0.4, -0.2) is 28.7 Å². The third-order valence-corrected chi connectivity index (χ3v) is 4.89. The van der Waals surface area contributed by atoms with Gasteiger partial charge in [0, 0.05) is 30.5 Å². The Morgan fingerprint density at radius 2 is 2.24 bits per heavy atom. The zero-order valence-electron chi connectivity index (χ0n) is 12.0. The van der Waals surface area contributed by atoms with E-state index >= 15 is 0 Å². The number of hydrogen-bond acceptors (Lipinski definition) is 5. The van der Waals surface area contributed by atoms with Crippen LogP contribution in [0.5, 0.6) is 0 Å². The summed E-state index contributed by atoms with van der Waals surface area (Å²) in [6.07, 6.45) is 2.71. The maximum Gasteiger partial charge on any atom is 0.231 e. The zero-order chi connectivity index (χ0) is 15.6. The van der Waals surface area contributed by atoms with Crippen LogP contribution in [0.2, 0.25) is 0 Å². The summed E-state index contributed by atoms with van der Waals surface area (Å²) in [6, 6.07) is 1.38. The van der Waals surface area contributed by atoms with Crippen LogP contribution in [0, 0.1) is 18.7 Å². The molecule has 1 unspecified atom stereocenters. The fraction of sp³-hybridized carbons (Fsp3) is 0.357. The Labute approximate surface area is 132 Å². The van der Waals surface area contributed by atoms with Crippen LogP contribution in [0.1, 0.15) is 12.6 Å². The molecule has 2 aromatic heterocycles. The fourth-order valence-electron chi connectivity index (χ4n) is 1.86. The molecule has 1 atom stereocenters. The molecule has 0 saturated carbocycles. The van der Waals surface area contributed by atoms with E-state index < -0.39 is 5.82 Å². The SMILES string of the molecule is Cc1nc(-c2cncc(F)c2)sc1N(C)C(=O)C(C)CS. The number of halogens is 1. The fourth-order valence-corrected chi connectivity index (χ4v) is 3.03. The van der Waals surface area contributed by atoms with E-state index in [0.29, 0.717) is 16.3 Å². The average Bonchev–Trinajstić information content (AvgIpc) is 2.87. The van der Waals surface area contributed by atoms with Gasteiger partial charge in [-0.1, -0.05) is 18.3 Å². The molecule has 0 aliphatic rings. The number of thiazole rings is 1. The van der Waals surface area contributed by atoms with E-state index in [1.165, 1.54) is 17.4 Å². The van der Waals surface area contributed by atoms with Crippen LogP contribution >= 0.6 is 24.0 Å². The summed E-state index contributed by atoms with van der Waals surface area (Å²) in [5.74, 6) is -0.100. The van der Waals surface area contributed by atoms with Crippen LogP contribution in [-0.2, 0) is 4.79 Å². The standard InChI is InChI=1S/C14H16FN3OS2/c1-8(7-20)13(19)18(3)14-9(2)17-12(21-14)10-4-11(15)6-16-5-10/h4-6,8,20H,7H2,1-3H3. The molecule has 0 radical (unpaired) electrons. The zero-order valence-corrected chi connectivity index (χ0v) is 13.7. The molecule has 0 bridgehead atoms. The van der Waals surface area contributed by atoms with E-state index in [4.69, 9.17) is 0 Å². The Kier molecular flexibility index (Phi) is 4.95. The van der Waals surface area contributed by atoms with Gasteiger partial charge in [0.2, 0.25) is 5.91 Å². The van der Waals surface area contributed by atoms with Gasteiger partial charge in [-0.15, -0.1) is 0 Å². The predicted octanol–water partition coefficient (Wildman–Crippen LogP) is 3.18. The van der Waals surface area contributed by atoms with E-state index in [2.05, 4.69) is 22.6 Å². The first-order valence-corrected chi connectivity index (χ1v) is 7.85. The maximum absolute atomic E-state index is 13.2. The summed E-state index contributed by atoms with van der Waals surface area (Å²) in [6.45, 7) is 3.66. The van der Waals surface area contributed by atoms with Crippen molar-refractivity contribution in [1.82, 2.24) is 9.97 Å². The number of amides is 1. The van der Waals surface area contributed by atoms with Crippen molar-refractivity contribution in [3.05, 3.63) is 30.0 Å². The van der Waals surface area contributed by atoms with Gasteiger partial charge in [-0.05, 0) is 13.0 Å². The highest BCUT2D eigenvalue weighted by Gasteiger charge is 2.22. The van der Waals surface area contributed by atoms with Gasteiger partial charge in [0.1, 0.15) is 15.8 Å². The molecular weight excluding hydrogens is 309 g/mol. The van der Waals surface area contributed by atoms with E-state index in [1.807, 2.05) is 13.8 Å². The highest BCUT2D eigenvalue weighted by molar-refractivity contribution is 7.80. The number of carbonyl (C=O) groups excluding carboxylic acids is 1. The lowest BCUT2D eigenvalue weighted by molar-refractivity contribution is -0.120. The molecule has 21 heavy (non-hydrogen) atoms. The lowest BCUT2D eigenvalue weighted by atomic mass is 10.2. The van der Waals surface area contributed by atoms with Crippen molar-refractivity contribution in [3.63, 3.8) is 0 Å². The van der Waals surface area contributed by atoms with Crippen LogP contribution in [0.15, 0.2) is 18.5 Å². The summed E-state index contributed by atoms with van der Waals surface area (Å²) in [4.78, 5) is 22.0. The second-order valence-corrected chi connectivity index (χ2v) is 6.12. The van der Waals surface area contributed by atoms with Crippen molar-refractivity contribution in [3.8, 4) is 10.6 Å². The Morgan fingerprint density at radius 1 is 1.52 bits per heavy atom. The third-order valence-electron chi connectivity index (χ3n) is 3.05. The Hall–Kier alpha value is -1.47. The van der Waals surface area contributed by atoms with Gasteiger partial charge in [-0.2, -0.15) is 12.6 Å². The molecule has 4 nitrogen and oxygen atoms in total. The third kappa shape index (κ3) is 3.41. The van der Waals surface area contributed by atoms with Crippen molar-refractivity contribution in [2.24, 2.45) is 5.92 Å². The Bertz CT molecular complexity index is 659. The number of thiol groups is 1. The number of aryl methyl sites for hydroxylation is 1. The molecule has 1 amide bonds. The van der Waals surface area contributed by atoms with Gasteiger partial charge in [0.05, 0.1) is 11.9 Å². The number of nitrogens with zero attached hydrogens (tertiary/aromatic N) is 3. The van der Waals surface area contributed by atoms with E-state index in [9.17, 15) is 9.18 Å². The minimum atomic E-state index is -0.407. The summed E-state index contributed by atoms with van der Waals surface area (Å²) in [7, 11) is 1.72. The molecule has 0 saturated heterocycles. The first-order chi connectivity index (χ1) is 9.93. The summed E-state index contributed by atoms with van der Waals surface area (Å²) < 4.78 is 13.2. The Morgan fingerprint density at radius 3 is 2.86 bits per heavy atom. The molecule has 0 fully saturated rings. The highest BCUT2D eigenvalue weighted by atomic mass is 32.1. The van der Waals surface area contributed by atoms with Gasteiger partial charge in [-0.25, -0.2) is 9.37 Å². The molecule has 2 aromatic rings. The first-order valence-electron chi connectivity index (χ1n) is 6.40. The second-order valence-electron chi connectivity index (χ2n) is 4.78. The van der Waals surface area contributed by atoms with Crippen LogP contribution < -0.4 is 4.90 Å². The predicted molar refractivity (Wildman–Crippen MR) is 86.5 cm³/mol. The van der Waals surface area contributed by atoms with Gasteiger partial charge < -0.3 is 4.90 Å². The smallest absolute Gasteiger partial charge is 0.231 e. The molecule has 0 N–H and O–H groups in total. The van der Waals surface area contributed by atoms with Crippen molar-refractivity contribution in [2.75, 3.05) is 17.7 Å². The number of aromatic nitrogens is 2. The van der Waals surface area contributed by atoms with Crippen LogP contribution in [0.25, 0.3) is 10.6 Å². The van der Waals surface area contributed by atoms with E-state index in [1.54, 1.807) is 18.1 Å². The molecule has 0 aliphatic carbocycles. The minimum Gasteiger partial charge on any atom is -0.305 e. The number of hydrogen-bond donors (Lipinski definition) is 1. The summed E-state index contributed by atoms with van der Waals surface area (Å²) >= 11 is 5.50. The quantitative estimate of drug-likeness (QED) is 0.878. The van der Waals surface area contributed by atoms with Gasteiger partial charge >= 0.3 is 0 Å². The molecule has 7 heteroatoms. The highest BCUT2D eigenvalue weighted by Crippen LogP contribution is 2.34. The van der Waals surface area contributed by atoms with Gasteiger partial charge in [-0.3, -0.25) is 9.78 Å². The molecule has 112 valence electrons. The van der Waals surface area contributed by atoms with Crippen molar-refractivity contribution in [2.45, 2.75) is 13.8 Å². The van der Waals surface area contributed by atoms with Crippen molar-refractivity contribution >= 4 is 34.9 Å². The largest absolute Gasteiger partial charge is 0.305 e. The van der Waals surface area contributed by atoms with Gasteiger partial charge in [0.15, 0.2) is 0 Å². The van der Waals surface area contributed by atoms with Crippen LogP contribution in [0.3, 0.4) is 0 Å². The molecule has 0 aliphatic heterocycles. The van der Waals surface area contributed by atoms with E-state index in [0.717, 1.165) is 16.9 Å². The second kappa shape index (κ2) is 6.53. The van der Waals surface area contributed by atoms with Crippen molar-refractivity contribution < 1.29 is 9.18 Å². The minimum absolute atomic E-state index is 0.0133. The first kappa shape index (κ1) is 15.9.